The second-order valence-electron chi connectivity index (χ2n) is 5.55. The van der Waals surface area contributed by atoms with E-state index >= 15 is 0 Å². The molecular formula is C19H23ClO5. The van der Waals surface area contributed by atoms with E-state index in [1.807, 2.05) is 42.5 Å². The molecule has 0 aliphatic carbocycles. The maximum atomic E-state index is 9.93. The standard InChI is InChI=1S/C19H23ClO5/c1-23-16-8-6-14(7-9-16)11-24-13-19(18(22)10-21)25-12-15-4-2-3-5-17(15)20/h2-9,18-19,21-22H,10-13H2,1H3/t18-,19+/m1/s1. The molecule has 2 atom stereocenters. The molecule has 0 aliphatic heterocycles. The van der Waals surface area contributed by atoms with Gasteiger partial charge >= 0.3 is 0 Å². The van der Waals surface area contributed by atoms with Crippen LogP contribution in [-0.2, 0) is 22.7 Å². The van der Waals surface area contributed by atoms with Crippen LogP contribution < -0.4 is 4.74 Å². The lowest BCUT2D eigenvalue weighted by molar-refractivity contribution is -0.102. The Kier molecular flexibility index (Phi) is 8.18. The van der Waals surface area contributed by atoms with Crippen LogP contribution in [0.5, 0.6) is 5.75 Å². The van der Waals surface area contributed by atoms with Crippen molar-refractivity contribution in [1.82, 2.24) is 0 Å². The third-order valence-electron chi connectivity index (χ3n) is 3.74. The Labute approximate surface area is 152 Å². The van der Waals surface area contributed by atoms with Gasteiger partial charge in [-0.25, -0.2) is 0 Å². The summed E-state index contributed by atoms with van der Waals surface area (Å²) in [4.78, 5) is 0. The minimum Gasteiger partial charge on any atom is -0.497 e. The van der Waals surface area contributed by atoms with Gasteiger partial charge < -0.3 is 24.4 Å². The van der Waals surface area contributed by atoms with Crippen molar-refractivity contribution >= 4 is 11.6 Å². The number of aliphatic hydroxyl groups is 2. The number of halogens is 1. The molecule has 0 amide bonds. The van der Waals surface area contributed by atoms with E-state index in [0.29, 0.717) is 11.6 Å². The number of hydrogen-bond acceptors (Lipinski definition) is 5. The molecule has 0 fully saturated rings. The van der Waals surface area contributed by atoms with Crippen LogP contribution in [-0.4, -0.2) is 42.7 Å². The highest BCUT2D eigenvalue weighted by Gasteiger charge is 2.20. The number of ether oxygens (including phenoxy) is 3. The van der Waals surface area contributed by atoms with E-state index in [1.54, 1.807) is 13.2 Å². The molecular weight excluding hydrogens is 344 g/mol. The van der Waals surface area contributed by atoms with Gasteiger partial charge in [0.15, 0.2) is 0 Å². The van der Waals surface area contributed by atoms with Crippen LogP contribution in [0.2, 0.25) is 5.02 Å². The molecule has 25 heavy (non-hydrogen) atoms. The van der Waals surface area contributed by atoms with Crippen LogP contribution in [0.3, 0.4) is 0 Å². The fraction of sp³-hybridized carbons (Fsp3) is 0.368. The first-order valence-electron chi connectivity index (χ1n) is 7.98. The topological polar surface area (TPSA) is 68.2 Å². The van der Waals surface area contributed by atoms with E-state index in [9.17, 15) is 10.2 Å². The van der Waals surface area contributed by atoms with Crippen molar-refractivity contribution in [3.05, 3.63) is 64.7 Å². The summed E-state index contributed by atoms with van der Waals surface area (Å²) in [7, 11) is 1.61. The number of rotatable bonds is 10. The Hall–Kier alpha value is -1.63. The van der Waals surface area contributed by atoms with Gasteiger partial charge in [-0.3, -0.25) is 0 Å². The van der Waals surface area contributed by atoms with E-state index in [2.05, 4.69) is 0 Å². The Morgan fingerprint density at radius 3 is 2.40 bits per heavy atom. The molecule has 0 saturated heterocycles. The van der Waals surface area contributed by atoms with Gasteiger partial charge in [0.25, 0.3) is 0 Å². The lowest BCUT2D eigenvalue weighted by Crippen LogP contribution is -2.36. The molecule has 0 spiro atoms. The summed E-state index contributed by atoms with van der Waals surface area (Å²) >= 11 is 6.10. The lowest BCUT2D eigenvalue weighted by Gasteiger charge is -2.22. The first kappa shape index (κ1) is 19.7. The average molecular weight is 367 g/mol. The van der Waals surface area contributed by atoms with Gasteiger partial charge in [0.2, 0.25) is 0 Å². The molecule has 2 N–H and O–H groups in total. The molecule has 0 radical (unpaired) electrons. The molecule has 5 nitrogen and oxygen atoms in total. The highest BCUT2D eigenvalue weighted by molar-refractivity contribution is 6.31. The number of aliphatic hydroxyl groups excluding tert-OH is 2. The minimum absolute atomic E-state index is 0.151. The molecule has 2 rings (SSSR count). The summed E-state index contributed by atoms with van der Waals surface area (Å²) in [6.07, 6.45) is -1.68. The second kappa shape index (κ2) is 10.4. The summed E-state index contributed by atoms with van der Waals surface area (Å²) in [5.41, 5.74) is 1.79. The Morgan fingerprint density at radius 1 is 1.04 bits per heavy atom. The van der Waals surface area contributed by atoms with Crippen molar-refractivity contribution in [3.8, 4) is 5.75 Å². The normalized spacial score (nSPS) is 13.4. The van der Waals surface area contributed by atoms with Crippen molar-refractivity contribution in [3.63, 3.8) is 0 Å². The monoisotopic (exact) mass is 366 g/mol. The average Bonchev–Trinajstić information content (AvgIpc) is 2.65. The maximum absolute atomic E-state index is 9.93. The Balaban J connectivity index is 1.85. The third kappa shape index (κ3) is 6.30. The smallest absolute Gasteiger partial charge is 0.118 e. The second-order valence-corrected chi connectivity index (χ2v) is 5.96. The highest BCUT2D eigenvalue weighted by atomic mass is 35.5. The van der Waals surface area contributed by atoms with Crippen molar-refractivity contribution in [2.75, 3.05) is 20.3 Å². The zero-order valence-electron chi connectivity index (χ0n) is 14.1. The quantitative estimate of drug-likeness (QED) is 0.676. The van der Waals surface area contributed by atoms with Crippen molar-refractivity contribution in [1.29, 1.82) is 0 Å². The van der Waals surface area contributed by atoms with Crippen LogP contribution in [0.25, 0.3) is 0 Å². The maximum Gasteiger partial charge on any atom is 0.118 e. The largest absolute Gasteiger partial charge is 0.497 e. The first-order valence-corrected chi connectivity index (χ1v) is 8.36. The van der Waals surface area contributed by atoms with Gasteiger partial charge in [-0.2, -0.15) is 0 Å². The Morgan fingerprint density at radius 2 is 1.76 bits per heavy atom. The van der Waals surface area contributed by atoms with E-state index in [-0.39, 0.29) is 13.2 Å². The van der Waals surface area contributed by atoms with Crippen molar-refractivity contribution in [2.45, 2.75) is 25.4 Å². The molecule has 6 heteroatoms. The molecule has 2 aromatic carbocycles. The van der Waals surface area contributed by atoms with Gasteiger partial charge in [0.1, 0.15) is 18.0 Å². The first-order chi connectivity index (χ1) is 12.1. The molecule has 0 bridgehead atoms. The number of hydrogen-bond donors (Lipinski definition) is 2. The fourth-order valence-corrected chi connectivity index (χ4v) is 2.41. The molecule has 0 unspecified atom stereocenters. The van der Waals surface area contributed by atoms with E-state index in [4.69, 9.17) is 25.8 Å². The van der Waals surface area contributed by atoms with E-state index < -0.39 is 18.8 Å². The summed E-state index contributed by atoms with van der Waals surface area (Å²) in [6.45, 7) is 0.346. The lowest BCUT2D eigenvalue weighted by atomic mass is 10.2. The summed E-state index contributed by atoms with van der Waals surface area (Å²) in [6, 6.07) is 14.8. The SMILES string of the molecule is COc1ccc(COC[C@H](OCc2ccccc2Cl)[C@H](O)CO)cc1. The number of methoxy groups -OCH3 is 1. The van der Waals surface area contributed by atoms with Gasteiger partial charge in [-0.15, -0.1) is 0 Å². The predicted molar refractivity (Wildman–Crippen MR) is 95.8 cm³/mol. The van der Waals surface area contributed by atoms with Crippen LogP contribution in [0.4, 0.5) is 0 Å². The van der Waals surface area contributed by atoms with Gasteiger partial charge in [0, 0.05) is 5.02 Å². The molecule has 136 valence electrons. The molecule has 0 aliphatic rings. The predicted octanol–water partition coefficient (Wildman–Crippen LogP) is 2.80. The van der Waals surface area contributed by atoms with Gasteiger partial charge in [0.05, 0.1) is 33.5 Å². The van der Waals surface area contributed by atoms with Crippen molar-refractivity contribution in [2.24, 2.45) is 0 Å². The zero-order chi connectivity index (χ0) is 18.1. The van der Waals surface area contributed by atoms with Crippen LogP contribution in [0, 0.1) is 0 Å². The van der Waals surface area contributed by atoms with Crippen LogP contribution in [0.15, 0.2) is 48.5 Å². The van der Waals surface area contributed by atoms with E-state index in [1.165, 1.54) is 0 Å². The van der Waals surface area contributed by atoms with Crippen LogP contribution >= 0.6 is 11.6 Å². The third-order valence-corrected chi connectivity index (χ3v) is 4.11. The van der Waals surface area contributed by atoms with Crippen molar-refractivity contribution < 1.29 is 24.4 Å². The minimum atomic E-state index is -1.03. The molecule has 0 heterocycles. The Bertz CT molecular complexity index is 632. The highest BCUT2D eigenvalue weighted by Crippen LogP contribution is 2.17. The zero-order valence-corrected chi connectivity index (χ0v) is 14.9. The molecule has 0 saturated carbocycles. The van der Waals surface area contributed by atoms with Crippen LogP contribution in [0.1, 0.15) is 11.1 Å². The summed E-state index contributed by atoms with van der Waals surface area (Å²) in [5, 5.41) is 19.7. The van der Waals surface area contributed by atoms with Gasteiger partial charge in [-0.1, -0.05) is 41.9 Å². The molecule has 0 aromatic heterocycles. The number of benzene rings is 2. The van der Waals surface area contributed by atoms with E-state index in [0.717, 1.165) is 16.9 Å². The summed E-state index contributed by atoms with van der Waals surface area (Å²) < 4.78 is 16.4. The fourth-order valence-electron chi connectivity index (χ4n) is 2.21. The molecule has 2 aromatic rings. The van der Waals surface area contributed by atoms with Gasteiger partial charge in [-0.05, 0) is 29.3 Å². The summed E-state index contributed by atoms with van der Waals surface area (Å²) in [5.74, 6) is 0.778.